The number of esters is 1. The number of rotatable bonds is 5. The molecule has 154 valence electrons. The number of hydrogen-bond acceptors (Lipinski definition) is 6. The van der Waals surface area contributed by atoms with E-state index in [2.05, 4.69) is 0 Å². The van der Waals surface area contributed by atoms with E-state index in [-0.39, 0.29) is 29.9 Å². The van der Waals surface area contributed by atoms with E-state index in [1.165, 1.54) is 28.6 Å². The minimum Gasteiger partial charge on any atom is -0.462 e. The molecule has 0 N–H and O–H groups in total. The SMILES string of the molecule is CCOC(=O)c1ccc(S(=O)(=O)N2CCC[C@H](C(=O)N3CCOCC3)C2)cc1. The molecule has 2 heterocycles. The highest BCUT2D eigenvalue weighted by atomic mass is 32.2. The van der Waals surface area contributed by atoms with Crippen molar-refractivity contribution in [3.63, 3.8) is 0 Å². The van der Waals surface area contributed by atoms with E-state index in [0.29, 0.717) is 51.3 Å². The quantitative estimate of drug-likeness (QED) is 0.676. The molecule has 28 heavy (non-hydrogen) atoms. The normalized spacial score (nSPS) is 21.3. The lowest BCUT2D eigenvalue weighted by molar-refractivity contribution is -0.140. The van der Waals surface area contributed by atoms with Crippen molar-refractivity contribution in [2.45, 2.75) is 24.7 Å². The Morgan fingerprint density at radius 1 is 1.14 bits per heavy atom. The zero-order valence-electron chi connectivity index (χ0n) is 16.0. The lowest BCUT2D eigenvalue weighted by atomic mass is 9.98. The van der Waals surface area contributed by atoms with Gasteiger partial charge in [0.25, 0.3) is 0 Å². The van der Waals surface area contributed by atoms with Gasteiger partial charge in [0.2, 0.25) is 15.9 Å². The Balaban J connectivity index is 1.70. The summed E-state index contributed by atoms with van der Waals surface area (Å²) in [6.07, 6.45) is 1.32. The Morgan fingerprint density at radius 3 is 2.46 bits per heavy atom. The molecule has 1 atom stereocenters. The molecule has 2 aliphatic heterocycles. The van der Waals surface area contributed by atoms with Gasteiger partial charge in [-0.05, 0) is 44.0 Å². The highest BCUT2D eigenvalue weighted by molar-refractivity contribution is 7.89. The molecule has 2 aliphatic rings. The number of piperidine rings is 1. The maximum absolute atomic E-state index is 13.0. The molecule has 0 bridgehead atoms. The molecule has 0 unspecified atom stereocenters. The van der Waals surface area contributed by atoms with Gasteiger partial charge < -0.3 is 14.4 Å². The Labute approximate surface area is 165 Å². The van der Waals surface area contributed by atoms with Crippen LogP contribution in [0, 0.1) is 5.92 Å². The van der Waals surface area contributed by atoms with Crippen molar-refractivity contribution in [2.75, 3.05) is 46.0 Å². The molecule has 0 aliphatic carbocycles. The molecular formula is C19H26N2O6S. The average Bonchev–Trinajstić information content (AvgIpc) is 2.74. The second kappa shape index (κ2) is 9.02. The maximum atomic E-state index is 13.0. The Morgan fingerprint density at radius 2 is 1.82 bits per heavy atom. The van der Waals surface area contributed by atoms with Gasteiger partial charge in [0.05, 0.1) is 36.2 Å². The van der Waals surface area contributed by atoms with Crippen molar-refractivity contribution < 1.29 is 27.5 Å². The number of carbonyl (C=O) groups is 2. The lowest BCUT2D eigenvalue weighted by Gasteiger charge is -2.35. The van der Waals surface area contributed by atoms with Gasteiger partial charge in [-0.15, -0.1) is 0 Å². The monoisotopic (exact) mass is 410 g/mol. The first-order valence-electron chi connectivity index (χ1n) is 9.57. The summed E-state index contributed by atoms with van der Waals surface area (Å²) >= 11 is 0. The van der Waals surface area contributed by atoms with Crippen molar-refractivity contribution in [1.29, 1.82) is 0 Å². The zero-order chi connectivity index (χ0) is 20.1. The first kappa shape index (κ1) is 20.8. The number of benzene rings is 1. The number of amides is 1. The molecule has 2 fully saturated rings. The molecule has 3 rings (SSSR count). The molecule has 0 aromatic heterocycles. The largest absolute Gasteiger partial charge is 0.462 e. The van der Waals surface area contributed by atoms with E-state index in [4.69, 9.17) is 9.47 Å². The van der Waals surface area contributed by atoms with Crippen LogP contribution in [-0.2, 0) is 24.3 Å². The number of sulfonamides is 1. The molecule has 9 heteroatoms. The Bertz CT molecular complexity index is 802. The summed E-state index contributed by atoms with van der Waals surface area (Å²) in [5.74, 6) is -0.818. The third-order valence-corrected chi connectivity index (χ3v) is 6.94. The second-order valence-electron chi connectivity index (χ2n) is 6.88. The van der Waals surface area contributed by atoms with E-state index in [9.17, 15) is 18.0 Å². The Kier molecular flexibility index (Phi) is 6.69. The molecule has 8 nitrogen and oxygen atoms in total. The van der Waals surface area contributed by atoms with E-state index in [0.717, 1.165) is 0 Å². The number of carbonyl (C=O) groups excluding carboxylic acids is 2. The average molecular weight is 410 g/mol. The molecule has 0 spiro atoms. The molecule has 2 saturated heterocycles. The van der Waals surface area contributed by atoms with Crippen LogP contribution in [0.1, 0.15) is 30.1 Å². The van der Waals surface area contributed by atoms with Gasteiger partial charge >= 0.3 is 5.97 Å². The van der Waals surface area contributed by atoms with Crippen molar-refractivity contribution in [3.05, 3.63) is 29.8 Å². The third kappa shape index (κ3) is 4.53. The predicted molar refractivity (Wildman–Crippen MR) is 101 cm³/mol. The van der Waals surface area contributed by atoms with E-state index in [1.807, 2.05) is 0 Å². The van der Waals surface area contributed by atoms with Crippen LogP contribution in [-0.4, -0.2) is 75.5 Å². The van der Waals surface area contributed by atoms with Crippen LogP contribution < -0.4 is 0 Å². The molecule has 0 radical (unpaired) electrons. The van der Waals surface area contributed by atoms with Gasteiger partial charge in [-0.25, -0.2) is 13.2 Å². The fourth-order valence-corrected chi connectivity index (χ4v) is 5.05. The van der Waals surface area contributed by atoms with Gasteiger partial charge in [0.15, 0.2) is 0 Å². The molecule has 1 aromatic carbocycles. The number of ether oxygens (including phenoxy) is 2. The second-order valence-corrected chi connectivity index (χ2v) is 8.82. The minimum atomic E-state index is -3.73. The third-order valence-electron chi connectivity index (χ3n) is 5.06. The van der Waals surface area contributed by atoms with Gasteiger partial charge in [-0.3, -0.25) is 4.79 Å². The summed E-state index contributed by atoms with van der Waals surface area (Å²) < 4.78 is 37.6. The Hall–Kier alpha value is -1.97. The van der Waals surface area contributed by atoms with Crippen LogP contribution in [0.2, 0.25) is 0 Å². The standard InChI is InChI=1S/C19H26N2O6S/c1-2-27-19(23)15-5-7-17(8-6-15)28(24,25)21-9-3-4-16(14-21)18(22)20-10-12-26-13-11-20/h5-8,16H,2-4,9-14H2,1H3/t16-/m0/s1. The molecule has 1 aromatic rings. The first-order valence-corrected chi connectivity index (χ1v) is 11.0. The van der Waals surface area contributed by atoms with Gasteiger partial charge in [0, 0.05) is 26.2 Å². The van der Waals surface area contributed by atoms with Gasteiger partial charge in [0.1, 0.15) is 0 Å². The first-order chi connectivity index (χ1) is 13.4. The summed E-state index contributed by atoms with van der Waals surface area (Å²) in [5, 5.41) is 0. The van der Waals surface area contributed by atoms with Crippen LogP contribution >= 0.6 is 0 Å². The fraction of sp³-hybridized carbons (Fsp3) is 0.579. The lowest BCUT2D eigenvalue weighted by Crippen LogP contribution is -2.49. The van der Waals surface area contributed by atoms with Crippen LogP contribution in [0.3, 0.4) is 0 Å². The van der Waals surface area contributed by atoms with Crippen molar-refractivity contribution in [1.82, 2.24) is 9.21 Å². The van der Waals surface area contributed by atoms with E-state index in [1.54, 1.807) is 11.8 Å². The summed E-state index contributed by atoms with van der Waals surface area (Å²) in [5.41, 5.74) is 0.305. The van der Waals surface area contributed by atoms with Crippen LogP contribution in [0.5, 0.6) is 0 Å². The maximum Gasteiger partial charge on any atom is 0.338 e. The fourth-order valence-electron chi connectivity index (χ4n) is 3.53. The number of hydrogen-bond donors (Lipinski definition) is 0. The molecular weight excluding hydrogens is 384 g/mol. The van der Waals surface area contributed by atoms with Crippen molar-refractivity contribution in [3.8, 4) is 0 Å². The zero-order valence-corrected chi connectivity index (χ0v) is 16.8. The topological polar surface area (TPSA) is 93.2 Å². The van der Waals surface area contributed by atoms with Crippen LogP contribution in [0.4, 0.5) is 0 Å². The van der Waals surface area contributed by atoms with Crippen LogP contribution in [0.15, 0.2) is 29.2 Å². The highest BCUT2D eigenvalue weighted by Crippen LogP contribution is 2.25. The summed E-state index contributed by atoms with van der Waals surface area (Å²) in [6.45, 7) is 4.68. The predicted octanol–water partition coefficient (Wildman–Crippen LogP) is 1.12. The van der Waals surface area contributed by atoms with E-state index >= 15 is 0 Å². The van der Waals surface area contributed by atoms with Crippen molar-refractivity contribution >= 4 is 21.9 Å². The number of morpholine rings is 1. The van der Waals surface area contributed by atoms with E-state index < -0.39 is 16.0 Å². The summed E-state index contributed by atoms with van der Waals surface area (Å²) in [4.78, 5) is 26.4. The van der Waals surface area contributed by atoms with Crippen molar-refractivity contribution in [2.24, 2.45) is 5.92 Å². The highest BCUT2D eigenvalue weighted by Gasteiger charge is 2.35. The smallest absolute Gasteiger partial charge is 0.338 e. The molecule has 0 saturated carbocycles. The van der Waals surface area contributed by atoms with Crippen LogP contribution in [0.25, 0.3) is 0 Å². The summed E-state index contributed by atoms with van der Waals surface area (Å²) in [7, 11) is -3.73. The minimum absolute atomic E-state index is 0.000795. The number of nitrogens with zero attached hydrogens (tertiary/aromatic N) is 2. The molecule has 1 amide bonds. The summed E-state index contributed by atoms with van der Waals surface area (Å²) in [6, 6.07) is 5.72. The van der Waals surface area contributed by atoms with Gasteiger partial charge in [-0.2, -0.15) is 4.31 Å². The van der Waals surface area contributed by atoms with Gasteiger partial charge in [-0.1, -0.05) is 0 Å².